The second kappa shape index (κ2) is 6.06. The summed E-state index contributed by atoms with van der Waals surface area (Å²) in [5.41, 5.74) is 2.39. The molecule has 0 aliphatic heterocycles. The maximum atomic E-state index is 12.3. The molecular formula is C17H13BrN2O. The lowest BCUT2D eigenvalue weighted by molar-refractivity contribution is 0.0987. The van der Waals surface area contributed by atoms with E-state index in [0.29, 0.717) is 12.1 Å². The first-order valence-electron chi connectivity index (χ1n) is 6.62. The van der Waals surface area contributed by atoms with Crippen molar-refractivity contribution >= 4 is 21.7 Å². The summed E-state index contributed by atoms with van der Waals surface area (Å²) in [6, 6.07) is 19.2. The van der Waals surface area contributed by atoms with Gasteiger partial charge in [-0.3, -0.25) is 4.79 Å². The molecule has 0 atom stereocenters. The molecule has 0 spiro atoms. The van der Waals surface area contributed by atoms with E-state index in [4.69, 9.17) is 0 Å². The van der Waals surface area contributed by atoms with Crippen LogP contribution in [0.3, 0.4) is 0 Å². The first kappa shape index (κ1) is 13.8. The van der Waals surface area contributed by atoms with Gasteiger partial charge in [0.15, 0.2) is 5.78 Å². The van der Waals surface area contributed by atoms with Crippen LogP contribution in [0.1, 0.15) is 16.1 Å². The third kappa shape index (κ3) is 3.11. The summed E-state index contributed by atoms with van der Waals surface area (Å²) in [5.74, 6) is 0.0107. The zero-order valence-corrected chi connectivity index (χ0v) is 12.8. The fourth-order valence-corrected chi connectivity index (χ4v) is 2.53. The molecule has 104 valence electrons. The van der Waals surface area contributed by atoms with Crippen LogP contribution in [0.25, 0.3) is 5.69 Å². The second-order valence-electron chi connectivity index (χ2n) is 4.67. The number of ketones is 1. The zero-order chi connectivity index (χ0) is 14.7. The summed E-state index contributed by atoms with van der Waals surface area (Å²) < 4.78 is 2.66. The molecule has 0 amide bonds. The topological polar surface area (TPSA) is 34.9 Å². The zero-order valence-electron chi connectivity index (χ0n) is 11.2. The minimum atomic E-state index is 0.0107. The molecule has 21 heavy (non-hydrogen) atoms. The highest BCUT2D eigenvalue weighted by molar-refractivity contribution is 9.10. The van der Waals surface area contributed by atoms with Crippen molar-refractivity contribution in [2.45, 2.75) is 6.42 Å². The van der Waals surface area contributed by atoms with E-state index in [1.165, 1.54) is 0 Å². The lowest BCUT2D eigenvalue weighted by Crippen LogP contribution is -2.06. The van der Waals surface area contributed by atoms with Crippen LogP contribution in [0.15, 0.2) is 71.3 Å². The van der Waals surface area contributed by atoms with E-state index in [9.17, 15) is 4.79 Å². The smallest absolute Gasteiger partial charge is 0.187 e. The maximum Gasteiger partial charge on any atom is 0.187 e. The highest BCUT2D eigenvalue weighted by Gasteiger charge is 2.12. The van der Waals surface area contributed by atoms with E-state index in [1.54, 1.807) is 10.7 Å². The van der Waals surface area contributed by atoms with Crippen molar-refractivity contribution in [3.8, 4) is 5.69 Å². The minimum absolute atomic E-state index is 0.0107. The summed E-state index contributed by atoms with van der Waals surface area (Å²) in [6.07, 6.45) is 2.15. The lowest BCUT2D eigenvalue weighted by atomic mass is 10.1. The van der Waals surface area contributed by atoms with E-state index in [2.05, 4.69) is 21.0 Å². The van der Waals surface area contributed by atoms with Gasteiger partial charge in [0.2, 0.25) is 0 Å². The molecule has 3 nitrogen and oxygen atoms in total. The average molecular weight is 341 g/mol. The monoisotopic (exact) mass is 340 g/mol. The molecule has 1 aromatic heterocycles. The molecule has 0 saturated heterocycles. The first-order chi connectivity index (χ1) is 10.2. The third-order valence-corrected chi connectivity index (χ3v) is 3.98. The fraction of sp³-hybridized carbons (Fsp3) is 0.0588. The van der Waals surface area contributed by atoms with E-state index in [-0.39, 0.29) is 5.78 Å². The van der Waals surface area contributed by atoms with Gasteiger partial charge in [-0.2, -0.15) is 5.10 Å². The van der Waals surface area contributed by atoms with Crippen LogP contribution in [0, 0.1) is 0 Å². The Morgan fingerprint density at radius 1 is 1.00 bits per heavy atom. The Hall–Kier alpha value is -2.20. The number of hydrogen-bond donors (Lipinski definition) is 0. The van der Waals surface area contributed by atoms with E-state index >= 15 is 0 Å². The van der Waals surface area contributed by atoms with Gasteiger partial charge in [0.1, 0.15) is 5.69 Å². The standard InChI is InChI=1S/C17H13BrN2O/c18-15-9-5-4-6-13(15)12-17(21)16-10-11-20(19-16)14-7-2-1-3-8-14/h1-11H,12H2. The van der Waals surface area contributed by atoms with Crippen molar-refractivity contribution in [3.63, 3.8) is 0 Å². The number of carbonyl (C=O) groups is 1. The number of aromatic nitrogens is 2. The van der Waals surface area contributed by atoms with E-state index < -0.39 is 0 Å². The number of carbonyl (C=O) groups excluding carboxylic acids is 1. The van der Waals surface area contributed by atoms with Gasteiger partial charge in [-0.15, -0.1) is 0 Å². The molecular weight excluding hydrogens is 328 g/mol. The van der Waals surface area contributed by atoms with Crippen LogP contribution >= 0.6 is 15.9 Å². The van der Waals surface area contributed by atoms with Crippen LogP contribution in [-0.4, -0.2) is 15.6 Å². The molecule has 0 unspecified atom stereocenters. The molecule has 0 bridgehead atoms. The molecule has 0 N–H and O–H groups in total. The summed E-state index contributed by atoms with van der Waals surface area (Å²) in [5, 5.41) is 4.36. The molecule has 3 aromatic rings. The van der Waals surface area contributed by atoms with Crippen molar-refractivity contribution in [1.29, 1.82) is 0 Å². The number of halogens is 1. The molecule has 0 radical (unpaired) electrons. The molecule has 3 rings (SSSR count). The number of rotatable bonds is 4. The van der Waals surface area contributed by atoms with Crippen LogP contribution in [0.5, 0.6) is 0 Å². The molecule has 0 saturated carbocycles. The Bertz CT molecular complexity index is 765. The fourth-order valence-electron chi connectivity index (χ4n) is 2.10. The SMILES string of the molecule is O=C(Cc1ccccc1Br)c1ccn(-c2ccccc2)n1. The Labute approximate surface area is 131 Å². The van der Waals surface area contributed by atoms with Gasteiger partial charge in [-0.25, -0.2) is 4.68 Å². The van der Waals surface area contributed by atoms with Crippen molar-refractivity contribution in [2.24, 2.45) is 0 Å². The number of hydrogen-bond acceptors (Lipinski definition) is 2. The van der Waals surface area contributed by atoms with Crippen LogP contribution in [0.4, 0.5) is 0 Å². The summed E-state index contributed by atoms with van der Waals surface area (Å²) in [6.45, 7) is 0. The maximum absolute atomic E-state index is 12.3. The second-order valence-corrected chi connectivity index (χ2v) is 5.53. The number of para-hydroxylation sites is 1. The van der Waals surface area contributed by atoms with Gasteiger partial charge in [0.05, 0.1) is 5.69 Å². The lowest BCUT2D eigenvalue weighted by Gasteiger charge is -2.02. The van der Waals surface area contributed by atoms with Crippen molar-refractivity contribution in [2.75, 3.05) is 0 Å². The van der Waals surface area contributed by atoms with Crippen LogP contribution in [-0.2, 0) is 6.42 Å². The number of benzene rings is 2. The van der Waals surface area contributed by atoms with Gasteiger partial charge in [0.25, 0.3) is 0 Å². The highest BCUT2D eigenvalue weighted by Crippen LogP contribution is 2.18. The molecule has 0 aliphatic carbocycles. The molecule has 1 heterocycles. The normalized spacial score (nSPS) is 10.5. The number of Topliss-reactive ketones (excluding diaryl/α,β-unsaturated/α-hetero) is 1. The van der Waals surface area contributed by atoms with Crippen molar-refractivity contribution in [3.05, 3.63) is 82.6 Å². The van der Waals surface area contributed by atoms with E-state index in [0.717, 1.165) is 15.7 Å². The van der Waals surface area contributed by atoms with Crippen LogP contribution in [0.2, 0.25) is 0 Å². The largest absolute Gasteiger partial charge is 0.292 e. The molecule has 2 aromatic carbocycles. The first-order valence-corrected chi connectivity index (χ1v) is 7.41. The Kier molecular flexibility index (Phi) is 3.97. The molecule has 4 heteroatoms. The third-order valence-electron chi connectivity index (χ3n) is 3.20. The van der Waals surface area contributed by atoms with Crippen molar-refractivity contribution < 1.29 is 4.79 Å². The molecule has 0 fully saturated rings. The summed E-state index contributed by atoms with van der Waals surface area (Å²) in [4.78, 5) is 12.3. The van der Waals surface area contributed by atoms with Gasteiger partial charge in [-0.05, 0) is 29.8 Å². The highest BCUT2D eigenvalue weighted by atomic mass is 79.9. The predicted molar refractivity (Wildman–Crippen MR) is 85.7 cm³/mol. The van der Waals surface area contributed by atoms with Gasteiger partial charge in [-0.1, -0.05) is 52.3 Å². The summed E-state index contributed by atoms with van der Waals surface area (Å²) in [7, 11) is 0. The van der Waals surface area contributed by atoms with Gasteiger partial charge < -0.3 is 0 Å². The molecule has 0 aliphatic rings. The Balaban J connectivity index is 1.80. The van der Waals surface area contributed by atoms with Gasteiger partial charge in [0, 0.05) is 17.1 Å². The van der Waals surface area contributed by atoms with Crippen LogP contribution < -0.4 is 0 Å². The Morgan fingerprint density at radius 2 is 1.71 bits per heavy atom. The Morgan fingerprint density at radius 3 is 2.48 bits per heavy atom. The quantitative estimate of drug-likeness (QED) is 0.671. The van der Waals surface area contributed by atoms with E-state index in [1.807, 2.05) is 60.8 Å². The van der Waals surface area contributed by atoms with Crippen molar-refractivity contribution in [1.82, 2.24) is 9.78 Å². The average Bonchev–Trinajstić information content (AvgIpc) is 3.00. The van der Waals surface area contributed by atoms with Gasteiger partial charge >= 0.3 is 0 Å². The number of nitrogens with zero attached hydrogens (tertiary/aromatic N) is 2. The predicted octanol–water partition coefficient (Wildman–Crippen LogP) is 4.06. The minimum Gasteiger partial charge on any atom is -0.292 e. The summed E-state index contributed by atoms with van der Waals surface area (Å²) >= 11 is 3.46.